The van der Waals surface area contributed by atoms with Crippen LogP contribution in [0, 0.1) is 0 Å². The Labute approximate surface area is 67.1 Å². The number of hydrogen-bond acceptors (Lipinski definition) is 3. The van der Waals surface area contributed by atoms with Crippen molar-refractivity contribution in [3.05, 3.63) is 0 Å². The van der Waals surface area contributed by atoms with E-state index < -0.39 is 30.7 Å². The first-order valence-corrected chi connectivity index (χ1v) is 3.08. The van der Waals surface area contributed by atoms with Gasteiger partial charge in [0.25, 0.3) is 0 Å². The summed E-state index contributed by atoms with van der Waals surface area (Å²) < 4.78 is 28.5. The van der Waals surface area contributed by atoms with Gasteiger partial charge in [-0.1, -0.05) is 0 Å². The standard InChI is InChI=1S/C6H8F2O4/c1-12-4(9)2-3-6(7,8)5(10)11/h2-3H2,1H3,(H,10,11). The fourth-order valence-electron chi connectivity index (χ4n) is 0.468. The van der Waals surface area contributed by atoms with E-state index in [0.29, 0.717) is 0 Å². The predicted octanol–water partition coefficient (Wildman–Crippen LogP) is 0.659. The molecule has 0 aromatic heterocycles. The Kier molecular flexibility index (Phi) is 3.59. The van der Waals surface area contributed by atoms with E-state index in [1.165, 1.54) is 0 Å². The summed E-state index contributed by atoms with van der Waals surface area (Å²) in [7, 11) is 1.04. The number of carbonyl (C=O) groups is 2. The average Bonchev–Trinajstić information content (AvgIpc) is 2.00. The molecule has 0 aliphatic rings. The Balaban J connectivity index is 3.92. The zero-order valence-corrected chi connectivity index (χ0v) is 6.34. The maximum Gasteiger partial charge on any atom is 0.374 e. The summed E-state index contributed by atoms with van der Waals surface area (Å²) >= 11 is 0. The van der Waals surface area contributed by atoms with E-state index >= 15 is 0 Å². The lowest BCUT2D eigenvalue weighted by atomic mass is 10.2. The highest BCUT2D eigenvalue weighted by atomic mass is 19.3. The van der Waals surface area contributed by atoms with Crippen LogP contribution < -0.4 is 0 Å². The number of rotatable bonds is 4. The lowest BCUT2D eigenvalue weighted by Crippen LogP contribution is -2.28. The molecule has 1 N–H and O–H groups in total. The van der Waals surface area contributed by atoms with Crippen molar-refractivity contribution in [1.29, 1.82) is 0 Å². The second-order valence-electron chi connectivity index (χ2n) is 2.09. The van der Waals surface area contributed by atoms with Crippen LogP contribution in [0.2, 0.25) is 0 Å². The van der Waals surface area contributed by atoms with Gasteiger partial charge in [-0.2, -0.15) is 8.78 Å². The molecule has 0 fully saturated rings. The number of methoxy groups -OCH3 is 1. The minimum absolute atomic E-state index is 0.601. The number of halogens is 2. The zero-order chi connectivity index (χ0) is 9.78. The number of carboxylic acid groups (broad SMARTS) is 1. The topological polar surface area (TPSA) is 63.6 Å². The van der Waals surface area contributed by atoms with Crippen molar-refractivity contribution in [2.75, 3.05) is 7.11 Å². The molecule has 0 saturated heterocycles. The average molecular weight is 182 g/mol. The van der Waals surface area contributed by atoms with Crippen molar-refractivity contribution >= 4 is 11.9 Å². The normalized spacial score (nSPS) is 10.9. The smallest absolute Gasteiger partial charge is 0.374 e. The number of aliphatic carboxylic acids is 1. The molecule has 0 unspecified atom stereocenters. The van der Waals surface area contributed by atoms with E-state index in [2.05, 4.69) is 4.74 Å². The van der Waals surface area contributed by atoms with Gasteiger partial charge in [0.2, 0.25) is 0 Å². The lowest BCUT2D eigenvalue weighted by molar-refractivity contribution is -0.167. The third-order valence-electron chi connectivity index (χ3n) is 1.18. The predicted molar refractivity (Wildman–Crippen MR) is 33.8 cm³/mol. The highest BCUT2D eigenvalue weighted by molar-refractivity contribution is 5.76. The first-order chi connectivity index (χ1) is 5.40. The van der Waals surface area contributed by atoms with Crippen LogP contribution >= 0.6 is 0 Å². The summed E-state index contributed by atoms with van der Waals surface area (Å²) in [5.74, 6) is -6.93. The molecule has 0 aliphatic carbocycles. The van der Waals surface area contributed by atoms with Gasteiger partial charge in [-0.25, -0.2) is 4.79 Å². The molecule has 0 spiro atoms. The second-order valence-corrected chi connectivity index (χ2v) is 2.09. The Hall–Kier alpha value is -1.20. The minimum Gasteiger partial charge on any atom is -0.477 e. The van der Waals surface area contributed by atoms with E-state index in [4.69, 9.17) is 5.11 Å². The van der Waals surface area contributed by atoms with Gasteiger partial charge in [-0.15, -0.1) is 0 Å². The molecule has 12 heavy (non-hydrogen) atoms. The SMILES string of the molecule is COC(=O)CCC(F)(F)C(=O)O. The van der Waals surface area contributed by atoms with E-state index in [0.717, 1.165) is 7.11 Å². The van der Waals surface area contributed by atoms with Gasteiger partial charge in [0, 0.05) is 6.42 Å². The number of esters is 1. The highest BCUT2D eigenvalue weighted by Gasteiger charge is 2.38. The molecule has 0 radical (unpaired) electrons. The monoisotopic (exact) mass is 182 g/mol. The zero-order valence-electron chi connectivity index (χ0n) is 6.34. The molecule has 0 heterocycles. The first kappa shape index (κ1) is 10.8. The third-order valence-corrected chi connectivity index (χ3v) is 1.18. The number of ether oxygens (including phenoxy) is 1. The Bertz CT molecular complexity index is 190. The maximum absolute atomic E-state index is 12.2. The molecule has 0 aromatic carbocycles. The van der Waals surface area contributed by atoms with Crippen molar-refractivity contribution in [1.82, 2.24) is 0 Å². The summed E-state index contributed by atoms with van der Waals surface area (Å²) in [5.41, 5.74) is 0. The largest absolute Gasteiger partial charge is 0.477 e. The highest BCUT2D eigenvalue weighted by Crippen LogP contribution is 2.20. The van der Waals surface area contributed by atoms with Crippen LogP contribution in [-0.4, -0.2) is 30.1 Å². The van der Waals surface area contributed by atoms with Gasteiger partial charge >= 0.3 is 17.9 Å². The van der Waals surface area contributed by atoms with Crippen LogP contribution in [0.4, 0.5) is 8.78 Å². The summed E-state index contributed by atoms with van der Waals surface area (Å²) in [6.07, 6.45) is -1.63. The second kappa shape index (κ2) is 3.99. The molecule has 70 valence electrons. The van der Waals surface area contributed by atoms with E-state index in [-0.39, 0.29) is 0 Å². The van der Waals surface area contributed by atoms with Crippen LogP contribution in [0.1, 0.15) is 12.8 Å². The third kappa shape index (κ3) is 3.27. The van der Waals surface area contributed by atoms with Crippen molar-refractivity contribution in [2.45, 2.75) is 18.8 Å². The minimum atomic E-state index is -3.85. The van der Waals surface area contributed by atoms with Crippen LogP contribution in [-0.2, 0) is 14.3 Å². The van der Waals surface area contributed by atoms with Crippen LogP contribution in [0.3, 0.4) is 0 Å². The van der Waals surface area contributed by atoms with Gasteiger partial charge in [0.1, 0.15) is 0 Å². The summed E-state index contributed by atoms with van der Waals surface area (Å²) in [4.78, 5) is 20.2. The molecule has 4 nitrogen and oxygen atoms in total. The Morgan fingerprint density at radius 3 is 2.33 bits per heavy atom. The van der Waals surface area contributed by atoms with Crippen molar-refractivity contribution in [3.63, 3.8) is 0 Å². The number of alkyl halides is 2. The maximum atomic E-state index is 12.2. The molecule has 0 aromatic rings. The first-order valence-electron chi connectivity index (χ1n) is 3.08. The summed E-state index contributed by atoms with van der Waals surface area (Å²) in [6.45, 7) is 0. The Morgan fingerprint density at radius 1 is 1.50 bits per heavy atom. The molecule has 0 amide bonds. The van der Waals surface area contributed by atoms with E-state index in [9.17, 15) is 18.4 Å². The van der Waals surface area contributed by atoms with Crippen molar-refractivity contribution in [3.8, 4) is 0 Å². The molecule has 6 heteroatoms. The fraction of sp³-hybridized carbons (Fsp3) is 0.667. The van der Waals surface area contributed by atoms with Crippen LogP contribution in [0.5, 0.6) is 0 Å². The van der Waals surface area contributed by atoms with Crippen LogP contribution in [0.15, 0.2) is 0 Å². The van der Waals surface area contributed by atoms with Gasteiger partial charge < -0.3 is 9.84 Å². The summed E-state index contributed by atoms with van der Waals surface area (Å²) in [5, 5.41) is 7.92. The fourth-order valence-corrected chi connectivity index (χ4v) is 0.468. The van der Waals surface area contributed by atoms with Crippen molar-refractivity contribution in [2.24, 2.45) is 0 Å². The molecule has 0 aliphatic heterocycles. The van der Waals surface area contributed by atoms with Gasteiger partial charge in [-0.05, 0) is 0 Å². The van der Waals surface area contributed by atoms with E-state index in [1.807, 2.05) is 0 Å². The van der Waals surface area contributed by atoms with Gasteiger partial charge in [0.15, 0.2) is 0 Å². The number of carboxylic acids is 1. The van der Waals surface area contributed by atoms with Gasteiger partial charge in [-0.3, -0.25) is 4.79 Å². The molecule has 0 bridgehead atoms. The molecular weight excluding hydrogens is 174 g/mol. The molecule has 0 rings (SSSR count). The quantitative estimate of drug-likeness (QED) is 0.648. The van der Waals surface area contributed by atoms with Gasteiger partial charge in [0.05, 0.1) is 13.5 Å². The van der Waals surface area contributed by atoms with Crippen molar-refractivity contribution < 1.29 is 28.2 Å². The number of hydrogen-bond donors (Lipinski definition) is 1. The summed E-state index contributed by atoms with van der Waals surface area (Å²) in [6, 6.07) is 0. The lowest BCUT2D eigenvalue weighted by Gasteiger charge is -2.08. The molecule has 0 saturated carbocycles. The number of carbonyl (C=O) groups excluding carboxylic acids is 1. The Morgan fingerprint density at radius 2 is 2.00 bits per heavy atom. The molecule has 0 atom stereocenters. The van der Waals surface area contributed by atoms with Crippen LogP contribution in [0.25, 0.3) is 0 Å². The van der Waals surface area contributed by atoms with E-state index in [1.54, 1.807) is 0 Å². The molecular formula is C6H8F2O4.